The van der Waals surface area contributed by atoms with Crippen LogP contribution in [-0.2, 0) is 6.42 Å². The summed E-state index contributed by atoms with van der Waals surface area (Å²) < 4.78 is 5.26. The van der Waals surface area contributed by atoms with Crippen molar-refractivity contribution in [1.29, 1.82) is 0 Å². The van der Waals surface area contributed by atoms with Crippen LogP contribution in [0.15, 0.2) is 60.7 Å². The van der Waals surface area contributed by atoms with Crippen LogP contribution < -0.4 is 20.3 Å². The molecule has 1 aliphatic heterocycles. The highest BCUT2D eigenvalue weighted by atomic mass is 35.5. The van der Waals surface area contributed by atoms with Gasteiger partial charge in [-0.1, -0.05) is 35.4 Å². The standard InChI is InChI=1S/C24H22ClN3O3/c1-15-3-5-17(6-4-15)23(29)28-12-11-16-7-9-19(14-21(16)28)26-24(30)27-20-13-18(25)8-10-22(20)31-2/h3-10,13-14H,11-12H2,1-2H3,(H2,26,27,30). The molecule has 0 saturated carbocycles. The number of aryl methyl sites for hydroxylation is 1. The predicted molar refractivity (Wildman–Crippen MR) is 124 cm³/mol. The lowest BCUT2D eigenvalue weighted by molar-refractivity contribution is 0.0989. The SMILES string of the molecule is COc1ccc(Cl)cc1NC(=O)Nc1ccc2c(c1)N(C(=O)c1ccc(C)cc1)CC2. The van der Waals surface area contributed by atoms with Crippen molar-refractivity contribution < 1.29 is 14.3 Å². The summed E-state index contributed by atoms with van der Waals surface area (Å²) in [4.78, 5) is 27.3. The lowest BCUT2D eigenvalue weighted by Crippen LogP contribution is -2.29. The summed E-state index contributed by atoms with van der Waals surface area (Å²) in [5.74, 6) is 0.451. The zero-order chi connectivity index (χ0) is 22.0. The van der Waals surface area contributed by atoms with Crippen molar-refractivity contribution >= 4 is 40.6 Å². The largest absolute Gasteiger partial charge is 0.495 e. The lowest BCUT2D eigenvalue weighted by Gasteiger charge is -2.18. The molecule has 6 nitrogen and oxygen atoms in total. The molecule has 158 valence electrons. The van der Waals surface area contributed by atoms with Crippen LogP contribution in [0, 0.1) is 6.92 Å². The van der Waals surface area contributed by atoms with E-state index < -0.39 is 6.03 Å². The first-order chi connectivity index (χ1) is 14.9. The van der Waals surface area contributed by atoms with Gasteiger partial charge in [-0.15, -0.1) is 0 Å². The molecule has 0 atom stereocenters. The molecule has 2 N–H and O–H groups in total. The van der Waals surface area contributed by atoms with Crippen LogP contribution in [0.1, 0.15) is 21.5 Å². The van der Waals surface area contributed by atoms with Crippen LogP contribution >= 0.6 is 11.6 Å². The Labute approximate surface area is 185 Å². The molecule has 3 amide bonds. The second-order valence-electron chi connectivity index (χ2n) is 7.34. The first-order valence-electron chi connectivity index (χ1n) is 9.87. The smallest absolute Gasteiger partial charge is 0.323 e. The number of nitrogens with one attached hydrogen (secondary N) is 2. The number of hydrogen-bond donors (Lipinski definition) is 2. The second kappa shape index (κ2) is 8.70. The highest BCUT2D eigenvalue weighted by Crippen LogP contribution is 2.32. The van der Waals surface area contributed by atoms with Gasteiger partial charge in [-0.05, 0) is 61.4 Å². The third-order valence-corrected chi connectivity index (χ3v) is 5.43. The van der Waals surface area contributed by atoms with Gasteiger partial charge in [0.2, 0.25) is 0 Å². The van der Waals surface area contributed by atoms with Crippen molar-refractivity contribution in [3.63, 3.8) is 0 Å². The Balaban J connectivity index is 1.51. The van der Waals surface area contributed by atoms with Crippen LogP contribution in [0.3, 0.4) is 0 Å². The van der Waals surface area contributed by atoms with Crippen LogP contribution in [0.25, 0.3) is 0 Å². The van der Waals surface area contributed by atoms with E-state index in [-0.39, 0.29) is 5.91 Å². The number of hydrogen-bond acceptors (Lipinski definition) is 3. The van der Waals surface area contributed by atoms with Crippen LogP contribution in [0.5, 0.6) is 5.75 Å². The van der Waals surface area contributed by atoms with Gasteiger partial charge in [0.05, 0.1) is 12.8 Å². The molecule has 0 unspecified atom stereocenters. The van der Waals surface area contributed by atoms with Crippen molar-refractivity contribution in [3.05, 3.63) is 82.4 Å². The summed E-state index contributed by atoms with van der Waals surface area (Å²) in [6.07, 6.45) is 0.777. The number of carbonyl (C=O) groups excluding carboxylic acids is 2. The van der Waals surface area contributed by atoms with Gasteiger partial charge >= 0.3 is 6.03 Å². The molecule has 0 bridgehead atoms. The average Bonchev–Trinajstić information content (AvgIpc) is 3.17. The first-order valence-corrected chi connectivity index (χ1v) is 10.3. The van der Waals surface area contributed by atoms with Crippen LogP contribution in [0.2, 0.25) is 5.02 Å². The van der Waals surface area contributed by atoms with Crippen LogP contribution in [-0.4, -0.2) is 25.6 Å². The molecular weight excluding hydrogens is 414 g/mol. The van der Waals surface area contributed by atoms with E-state index in [9.17, 15) is 9.59 Å². The fraction of sp³-hybridized carbons (Fsp3) is 0.167. The maximum atomic E-state index is 13.0. The zero-order valence-corrected chi connectivity index (χ0v) is 18.0. The van der Waals surface area contributed by atoms with E-state index >= 15 is 0 Å². The summed E-state index contributed by atoms with van der Waals surface area (Å²) in [6.45, 7) is 2.60. The minimum absolute atomic E-state index is 0.0518. The van der Waals surface area contributed by atoms with Gasteiger partial charge in [0.25, 0.3) is 5.91 Å². The number of benzene rings is 3. The van der Waals surface area contributed by atoms with E-state index in [1.54, 1.807) is 23.1 Å². The molecule has 31 heavy (non-hydrogen) atoms. The van der Waals surface area contributed by atoms with Gasteiger partial charge in [-0.25, -0.2) is 4.79 Å². The monoisotopic (exact) mass is 435 g/mol. The molecule has 0 saturated heterocycles. The summed E-state index contributed by atoms with van der Waals surface area (Å²) in [7, 11) is 1.52. The number of anilines is 3. The molecule has 3 aromatic carbocycles. The molecule has 1 heterocycles. The zero-order valence-electron chi connectivity index (χ0n) is 17.2. The molecule has 4 rings (SSSR count). The topological polar surface area (TPSA) is 70.7 Å². The fourth-order valence-electron chi connectivity index (χ4n) is 3.58. The number of fused-ring (bicyclic) bond motifs is 1. The normalized spacial score (nSPS) is 12.3. The Bertz CT molecular complexity index is 1150. The Morgan fingerprint density at radius 3 is 2.52 bits per heavy atom. The molecule has 0 aromatic heterocycles. The lowest BCUT2D eigenvalue weighted by atomic mass is 10.1. The number of rotatable bonds is 4. The van der Waals surface area contributed by atoms with Gasteiger partial charge in [-0.3, -0.25) is 4.79 Å². The maximum absolute atomic E-state index is 13.0. The van der Waals surface area contributed by atoms with E-state index in [2.05, 4.69) is 10.6 Å². The summed E-state index contributed by atoms with van der Waals surface area (Å²) in [6, 6.07) is 17.7. The third kappa shape index (κ3) is 4.49. The molecule has 0 aliphatic carbocycles. The predicted octanol–water partition coefficient (Wildman–Crippen LogP) is 5.50. The Kier molecular flexibility index (Phi) is 5.82. The number of halogens is 1. The number of nitrogens with zero attached hydrogens (tertiary/aromatic N) is 1. The van der Waals surface area contributed by atoms with E-state index in [1.165, 1.54) is 7.11 Å². The number of ether oxygens (including phenoxy) is 1. The summed E-state index contributed by atoms with van der Waals surface area (Å²) in [5, 5.41) is 6.04. The Hall–Kier alpha value is -3.51. The van der Waals surface area contributed by atoms with Crippen molar-refractivity contribution in [3.8, 4) is 5.75 Å². The van der Waals surface area contributed by atoms with Crippen molar-refractivity contribution in [2.45, 2.75) is 13.3 Å². The van der Waals surface area contributed by atoms with Crippen molar-refractivity contribution in [1.82, 2.24) is 0 Å². The quantitative estimate of drug-likeness (QED) is 0.568. The molecule has 7 heteroatoms. The van der Waals surface area contributed by atoms with Crippen LogP contribution in [0.4, 0.5) is 21.9 Å². The van der Waals surface area contributed by atoms with Gasteiger partial charge in [0, 0.05) is 28.5 Å². The van der Waals surface area contributed by atoms with E-state index in [0.717, 1.165) is 23.2 Å². The molecule has 0 radical (unpaired) electrons. The van der Waals surface area contributed by atoms with Gasteiger partial charge in [0.1, 0.15) is 5.75 Å². The second-order valence-corrected chi connectivity index (χ2v) is 7.78. The Morgan fingerprint density at radius 1 is 1.00 bits per heavy atom. The van der Waals surface area contributed by atoms with E-state index in [1.807, 2.05) is 49.4 Å². The van der Waals surface area contributed by atoms with E-state index in [0.29, 0.717) is 34.3 Å². The van der Waals surface area contributed by atoms with Gasteiger partial charge < -0.3 is 20.3 Å². The highest BCUT2D eigenvalue weighted by molar-refractivity contribution is 6.31. The maximum Gasteiger partial charge on any atom is 0.323 e. The average molecular weight is 436 g/mol. The molecular formula is C24H22ClN3O3. The van der Waals surface area contributed by atoms with Crippen molar-refractivity contribution in [2.24, 2.45) is 0 Å². The number of amides is 3. The van der Waals surface area contributed by atoms with Gasteiger partial charge in [0.15, 0.2) is 0 Å². The van der Waals surface area contributed by atoms with Crippen molar-refractivity contribution in [2.75, 3.05) is 29.2 Å². The highest BCUT2D eigenvalue weighted by Gasteiger charge is 2.26. The summed E-state index contributed by atoms with van der Waals surface area (Å²) in [5.41, 5.74) is 4.67. The number of urea groups is 1. The first kappa shape index (κ1) is 20.8. The number of methoxy groups -OCH3 is 1. The van der Waals surface area contributed by atoms with Gasteiger partial charge in [-0.2, -0.15) is 0 Å². The molecule has 0 spiro atoms. The van der Waals surface area contributed by atoms with E-state index in [4.69, 9.17) is 16.3 Å². The minimum Gasteiger partial charge on any atom is -0.495 e. The molecule has 3 aromatic rings. The fourth-order valence-corrected chi connectivity index (χ4v) is 3.75. The summed E-state index contributed by atoms with van der Waals surface area (Å²) >= 11 is 6.02. The molecule has 1 aliphatic rings. The Morgan fingerprint density at radius 2 is 1.77 bits per heavy atom. The number of carbonyl (C=O) groups is 2. The minimum atomic E-state index is -0.435. The molecule has 0 fully saturated rings. The third-order valence-electron chi connectivity index (χ3n) is 5.19.